The molecule has 5 nitrogen and oxygen atoms in total. The van der Waals surface area contributed by atoms with Crippen molar-refractivity contribution in [3.63, 3.8) is 0 Å². The molecule has 0 saturated carbocycles. The van der Waals surface area contributed by atoms with Crippen molar-refractivity contribution >= 4 is 16.9 Å². The molecule has 1 aromatic heterocycles. The first-order chi connectivity index (χ1) is 11.1. The molecule has 0 fully saturated rings. The molecule has 0 radical (unpaired) electrons. The number of carboxylic acid groups (broad SMARTS) is 1. The Labute approximate surface area is 133 Å². The summed E-state index contributed by atoms with van der Waals surface area (Å²) in [6, 6.07) is 14.3. The highest BCUT2D eigenvalue weighted by Gasteiger charge is 2.16. The topological polar surface area (TPSA) is 68.7 Å². The van der Waals surface area contributed by atoms with Crippen molar-refractivity contribution in [3.8, 4) is 22.8 Å². The van der Waals surface area contributed by atoms with Gasteiger partial charge in [0.2, 0.25) is 0 Å². The van der Waals surface area contributed by atoms with Gasteiger partial charge >= 0.3 is 5.97 Å². The van der Waals surface area contributed by atoms with Crippen molar-refractivity contribution in [2.45, 2.75) is 0 Å². The summed E-state index contributed by atoms with van der Waals surface area (Å²) in [7, 11) is 3.04. The molecule has 0 atom stereocenters. The highest BCUT2D eigenvalue weighted by atomic mass is 16.5. The zero-order valence-corrected chi connectivity index (χ0v) is 12.7. The minimum absolute atomic E-state index is 0.176. The molecule has 0 saturated heterocycles. The maximum absolute atomic E-state index is 11.7. The molecular formula is C18H15NO4. The van der Waals surface area contributed by atoms with Crippen LogP contribution in [0.25, 0.3) is 22.2 Å². The number of carboxylic acids is 1. The second-order valence-electron chi connectivity index (χ2n) is 4.95. The number of rotatable bonds is 4. The van der Waals surface area contributed by atoms with E-state index in [2.05, 4.69) is 4.98 Å². The Balaban J connectivity index is 2.32. The summed E-state index contributed by atoms with van der Waals surface area (Å²) < 4.78 is 10.5. The number of aromatic nitrogens is 1. The Morgan fingerprint density at radius 1 is 1.00 bits per heavy atom. The molecule has 0 spiro atoms. The lowest BCUT2D eigenvalue weighted by atomic mass is 10.0. The number of methoxy groups -OCH3 is 2. The van der Waals surface area contributed by atoms with E-state index < -0.39 is 5.97 Å². The number of hydrogen-bond acceptors (Lipinski definition) is 4. The van der Waals surface area contributed by atoms with E-state index in [1.54, 1.807) is 18.2 Å². The molecule has 23 heavy (non-hydrogen) atoms. The normalized spacial score (nSPS) is 10.5. The standard InChI is InChI=1S/C18H15NO4/c1-22-16-9-12-13(18(20)21)8-14(11-6-4-3-5-7-11)19-15(12)10-17(16)23-2/h3-10H,1-2H3,(H,20,21). The number of benzene rings is 2. The van der Waals surface area contributed by atoms with Gasteiger partial charge in [-0.1, -0.05) is 30.3 Å². The lowest BCUT2D eigenvalue weighted by Crippen LogP contribution is -2.01. The summed E-state index contributed by atoms with van der Waals surface area (Å²) in [5.41, 5.74) is 2.17. The molecule has 0 aliphatic rings. The van der Waals surface area contributed by atoms with Crippen molar-refractivity contribution in [1.29, 1.82) is 0 Å². The van der Waals surface area contributed by atoms with Crippen LogP contribution in [-0.4, -0.2) is 30.3 Å². The summed E-state index contributed by atoms with van der Waals surface area (Å²) >= 11 is 0. The molecular weight excluding hydrogens is 294 g/mol. The SMILES string of the molecule is COc1cc2nc(-c3ccccc3)cc(C(=O)O)c2cc1OC. The highest BCUT2D eigenvalue weighted by Crippen LogP contribution is 2.34. The molecule has 3 aromatic rings. The number of carbonyl (C=O) groups is 1. The first kappa shape index (κ1) is 14.8. The van der Waals surface area contributed by atoms with Gasteiger partial charge in [0.15, 0.2) is 11.5 Å². The first-order valence-electron chi connectivity index (χ1n) is 6.99. The molecule has 2 aromatic carbocycles. The molecule has 1 heterocycles. The van der Waals surface area contributed by atoms with E-state index >= 15 is 0 Å². The minimum atomic E-state index is -1.01. The van der Waals surface area contributed by atoms with Crippen LogP contribution in [0.1, 0.15) is 10.4 Å². The van der Waals surface area contributed by atoms with Crippen molar-refractivity contribution in [2.75, 3.05) is 14.2 Å². The molecule has 0 amide bonds. The highest BCUT2D eigenvalue weighted by molar-refractivity contribution is 6.04. The predicted octanol–water partition coefficient (Wildman–Crippen LogP) is 3.62. The van der Waals surface area contributed by atoms with Crippen molar-refractivity contribution in [1.82, 2.24) is 4.98 Å². The van der Waals surface area contributed by atoms with E-state index in [0.717, 1.165) is 5.56 Å². The third kappa shape index (κ3) is 2.68. The second kappa shape index (κ2) is 5.96. The van der Waals surface area contributed by atoms with E-state index in [-0.39, 0.29) is 5.56 Å². The van der Waals surface area contributed by atoms with Gasteiger partial charge < -0.3 is 14.6 Å². The van der Waals surface area contributed by atoms with E-state index in [0.29, 0.717) is 28.1 Å². The lowest BCUT2D eigenvalue weighted by molar-refractivity contribution is 0.0699. The Kier molecular flexibility index (Phi) is 3.85. The minimum Gasteiger partial charge on any atom is -0.493 e. The summed E-state index contributed by atoms with van der Waals surface area (Å²) in [5, 5.41) is 10.1. The summed E-state index contributed by atoms with van der Waals surface area (Å²) in [6.07, 6.45) is 0. The van der Waals surface area contributed by atoms with Crippen molar-refractivity contribution in [3.05, 3.63) is 54.1 Å². The van der Waals surface area contributed by atoms with Crippen LogP contribution in [0.5, 0.6) is 11.5 Å². The molecule has 116 valence electrons. The van der Waals surface area contributed by atoms with Crippen LogP contribution in [0.4, 0.5) is 0 Å². The van der Waals surface area contributed by atoms with Crippen LogP contribution >= 0.6 is 0 Å². The lowest BCUT2D eigenvalue weighted by Gasteiger charge is -2.12. The third-order valence-corrected chi connectivity index (χ3v) is 3.61. The number of nitrogens with zero attached hydrogens (tertiary/aromatic N) is 1. The maximum Gasteiger partial charge on any atom is 0.336 e. The summed E-state index contributed by atoms with van der Waals surface area (Å²) in [4.78, 5) is 16.2. The Morgan fingerprint density at radius 2 is 1.65 bits per heavy atom. The van der Waals surface area contributed by atoms with Gasteiger partial charge in [-0.15, -0.1) is 0 Å². The van der Waals surface area contributed by atoms with Crippen LogP contribution in [0.15, 0.2) is 48.5 Å². The Hall–Kier alpha value is -3.08. The van der Waals surface area contributed by atoms with E-state index in [4.69, 9.17) is 9.47 Å². The Bertz CT molecular complexity index is 875. The maximum atomic E-state index is 11.7. The fraction of sp³-hybridized carbons (Fsp3) is 0.111. The van der Waals surface area contributed by atoms with E-state index in [1.807, 2.05) is 30.3 Å². The fourth-order valence-electron chi connectivity index (χ4n) is 2.49. The van der Waals surface area contributed by atoms with Gasteiger partial charge in [-0.2, -0.15) is 0 Å². The van der Waals surface area contributed by atoms with E-state index in [9.17, 15) is 9.90 Å². The van der Waals surface area contributed by atoms with E-state index in [1.165, 1.54) is 14.2 Å². The van der Waals surface area contributed by atoms with Gasteiger partial charge in [0, 0.05) is 17.0 Å². The first-order valence-corrected chi connectivity index (χ1v) is 6.99. The number of aromatic carboxylic acids is 1. The number of fused-ring (bicyclic) bond motifs is 1. The molecule has 5 heteroatoms. The number of hydrogen-bond donors (Lipinski definition) is 1. The van der Waals surface area contributed by atoms with Crippen LogP contribution < -0.4 is 9.47 Å². The van der Waals surface area contributed by atoms with Crippen molar-refractivity contribution < 1.29 is 19.4 Å². The monoisotopic (exact) mass is 309 g/mol. The largest absolute Gasteiger partial charge is 0.493 e. The van der Waals surface area contributed by atoms with Gasteiger partial charge in [-0.3, -0.25) is 0 Å². The Morgan fingerprint density at radius 3 is 2.26 bits per heavy atom. The van der Waals surface area contributed by atoms with Gasteiger partial charge in [0.1, 0.15) is 0 Å². The average molecular weight is 309 g/mol. The second-order valence-corrected chi connectivity index (χ2v) is 4.95. The smallest absolute Gasteiger partial charge is 0.336 e. The van der Waals surface area contributed by atoms with Gasteiger partial charge in [0.25, 0.3) is 0 Å². The summed E-state index contributed by atoms with van der Waals surface area (Å²) in [6.45, 7) is 0. The fourth-order valence-corrected chi connectivity index (χ4v) is 2.49. The zero-order valence-electron chi connectivity index (χ0n) is 12.7. The average Bonchev–Trinajstić information content (AvgIpc) is 2.60. The van der Waals surface area contributed by atoms with Gasteiger partial charge in [-0.25, -0.2) is 9.78 Å². The number of ether oxygens (including phenoxy) is 2. The zero-order chi connectivity index (χ0) is 16.4. The predicted molar refractivity (Wildman–Crippen MR) is 87.2 cm³/mol. The van der Waals surface area contributed by atoms with Crippen LogP contribution in [-0.2, 0) is 0 Å². The number of pyridine rings is 1. The van der Waals surface area contributed by atoms with Crippen LogP contribution in [0, 0.1) is 0 Å². The molecule has 0 unspecified atom stereocenters. The molecule has 0 bridgehead atoms. The quantitative estimate of drug-likeness (QED) is 0.797. The van der Waals surface area contributed by atoms with Crippen LogP contribution in [0.2, 0.25) is 0 Å². The molecule has 3 rings (SSSR count). The van der Waals surface area contributed by atoms with Crippen molar-refractivity contribution in [2.24, 2.45) is 0 Å². The van der Waals surface area contributed by atoms with Crippen LogP contribution in [0.3, 0.4) is 0 Å². The summed E-state index contributed by atoms with van der Waals surface area (Å²) in [5.74, 6) is -0.0346. The molecule has 0 aliphatic carbocycles. The third-order valence-electron chi connectivity index (χ3n) is 3.61. The molecule has 0 aliphatic heterocycles. The van der Waals surface area contributed by atoms with Gasteiger partial charge in [0.05, 0.1) is 31.0 Å². The van der Waals surface area contributed by atoms with Gasteiger partial charge in [-0.05, 0) is 12.1 Å². The molecule has 1 N–H and O–H groups in total.